The van der Waals surface area contributed by atoms with Crippen LogP contribution in [0, 0.1) is 0 Å². The molecule has 5 heteroatoms. The lowest BCUT2D eigenvalue weighted by atomic mass is 10.2. The van der Waals surface area contributed by atoms with Crippen molar-refractivity contribution in [3.05, 3.63) is 52.0 Å². The summed E-state index contributed by atoms with van der Waals surface area (Å²) in [5.41, 5.74) is 2.36. The molecule has 0 aliphatic carbocycles. The maximum Gasteiger partial charge on any atom is 0.191 e. The van der Waals surface area contributed by atoms with Gasteiger partial charge in [-0.3, -0.25) is 0 Å². The standard InChI is InChI=1S/C17H24N4S/c1-4-18-17(19-10-14-8-6-5-7-9-14)20-11-16-21-15(12-22-16)13(2)3/h5-9,12-13H,4,10-11H2,1-3H3,(H2,18,19,20). The van der Waals surface area contributed by atoms with Gasteiger partial charge < -0.3 is 10.6 Å². The van der Waals surface area contributed by atoms with E-state index in [2.05, 4.69) is 58.9 Å². The zero-order valence-corrected chi connectivity index (χ0v) is 14.3. The van der Waals surface area contributed by atoms with Crippen LogP contribution in [0.1, 0.15) is 43.0 Å². The van der Waals surface area contributed by atoms with Gasteiger partial charge in [0, 0.05) is 11.9 Å². The van der Waals surface area contributed by atoms with Crippen LogP contribution < -0.4 is 10.6 Å². The number of guanidine groups is 1. The number of nitrogens with one attached hydrogen (secondary N) is 2. The number of aromatic nitrogens is 1. The molecule has 2 aromatic rings. The van der Waals surface area contributed by atoms with E-state index >= 15 is 0 Å². The van der Waals surface area contributed by atoms with Crippen molar-refractivity contribution in [2.45, 2.75) is 39.8 Å². The Hall–Kier alpha value is -1.88. The van der Waals surface area contributed by atoms with Gasteiger partial charge in [-0.05, 0) is 18.4 Å². The molecule has 1 aromatic heterocycles. The Bertz CT molecular complexity index is 590. The molecule has 0 radical (unpaired) electrons. The molecular weight excluding hydrogens is 292 g/mol. The molecular formula is C17H24N4S. The summed E-state index contributed by atoms with van der Waals surface area (Å²) in [6, 6.07) is 10.3. The molecule has 2 N–H and O–H groups in total. The van der Waals surface area contributed by atoms with Crippen molar-refractivity contribution in [1.82, 2.24) is 15.6 Å². The van der Waals surface area contributed by atoms with Gasteiger partial charge in [-0.2, -0.15) is 0 Å². The largest absolute Gasteiger partial charge is 0.357 e. The summed E-state index contributed by atoms with van der Waals surface area (Å²) in [6.45, 7) is 8.62. The third-order valence-corrected chi connectivity index (χ3v) is 4.04. The first-order valence-corrected chi connectivity index (χ1v) is 8.57. The van der Waals surface area contributed by atoms with Crippen LogP contribution in [0.4, 0.5) is 0 Å². The average molecular weight is 316 g/mol. The zero-order valence-electron chi connectivity index (χ0n) is 13.5. The summed E-state index contributed by atoms with van der Waals surface area (Å²) in [7, 11) is 0. The van der Waals surface area contributed by atoms with Crippen LogP contribution >= 0.6 is 11.3 Å². The second kappa shape index (κ2) is 8.54. The van der Waals surface area contributed by atoms with Gasteiger partial charge in [0.15, 0.2) is 5.96 Å². The Balaban J connectivity index is 1.93. The lowest BCUT2D eigenvalue weighted by Crippen LogP contribution is -2.36. The van der Waals surface area contributed by atoms with Gasteiger partial charge in [0.1, 0.15) is 5.01 Å². The fourth-order valence-electron chi connectivity index (χ4n) is 1.93. The zero-order chi connectivity index (χ0) is 15.8. The minimum Gasteiger partial charge on any atom is -0.357 e. The summed E-state index contributed by atoms with van der Waals surface area (Å²) in [5, 5.41) is 9.84. The van der Waals surface area contributed by atoms with Crippen molar-refractivity contribution >= 4 is 17.3 Å². The lowest BCUT2D eigenvalue weighted by Gasteiger charge is -2.10. The van der Waals surface area contributed by atoms with Crippen LogP contribution in [0.25, 0.3) is 0 Å². The monoisotopic (exact) mass is 316 g/mol. The summed E-state index contributed by atoms with van der Waals surface area (Å²) in [5.74, 6) is 1.30. The van der Waals surface area contributed by atoms with Gasteiger partial charge in [-0.1, -0.05) is 44.2 Å². The van der Waals surface area contributed by atoms with Crippen LogP contribution in [0.3, 0.4) is 0 Å². The minimum absolute atomic E-state index is 0.477. The van der Waals surface area contributed by atoms with Crippen LogP contribution in [-0.4, -0.2) is 17.5 Å². The predicted molar refractivity (Wildman–Crippen MR) is 94.3 cm³/mol. The Morgan fingerprint density at radius 1 is 1.23 bits per heavy atom. The number of hydrogen-bond donors (Lipinski definition) is 2. The normalized spacial score (nSPS) is 11.7. The highest BCUT2D eigenvalue weighted by molar-refractivity contribution is 7.09. The smallest absolute Gasteiger partial charge is 0.191 e. The van der Waals surface area contributed by atoms with Crippen molar-refractivity contribution < 1.29 is 0 Å². The summed E-state index contributed by atoms with van der Waals surface area (Å²) in [6.07, 6.45) is 0. The summed E-state index contributed by atoms with van der Waals surface area (Å²) < 4.78 is 0. The van der Waals surface area contributed by atoms with Crippen molar-refractivity contribution in [1.29, 1.82) is 0 Å². The molecule has 2 rings (SSSR count). The molecule has 0 unspecified atom stereocenters. The van der Waals surface area contributed by atoms with E-state index in [4.69, 9.17) is 0 Å². The second-order valence-corrected chi connectivity index (χ2v) is 6.30. The lowest BCUT2D eigenvalue weighted by molar-refractivity contribution is 0.788. The third kappa shape index (κ3) is 5.15. The number of nitrogens with zero attached hydrogens (tertiary/aromatic N) is 2. The van der Waals surface area contributed by atoms with E-state index in [0.717, 1.165) is 23.2 Å². The molecule has 118 valence electrons. The van der Waals surface area contributed by atoms with Crippen LogP contribution in [-0.2, 0) is 13.1 Å². The van der Waals surface area contributed by atoms with E-state index in [-0.39, 0.29) is 0 Å². The van der Waals surface area contributed by atoms with E-state index in [1.807, 2.05) is 18.2 Å². The highest BCUT2D eigenvalue weighted by Crippen LogP contribution is 2.17. The first kappa shape index (κ1) is 16.5. The van der Waals surface area contributed by atoms with Crippen molar-refractivity contribution in [3.63, 3.8) is 0 Å². The molecule has 0 spiro atoms. The van der Waals surface area contributed by atoms with E-state index < -0.39 is 0 Å². The number of benzene rings is 1. The molecule has 0 aliphatic rings. The number of aliphatic imine (C=N–C) groups is 1. The van der Waals surface area contributed by atoms with E-state index in [9.17, 15) is 0 Å². The first-order chi connectivity index (χ1) is 10.7. The maximum atomic E-state index is 4.63. The van der Waals surface area contributed by atoms with E-state index in [0.29, 0.717) is 19.0 Å². The SMILES string of the molecule is CCNC(=NCc1ccccc1)NCc1nc(C(C)C)cs1. The van der Waals surface area contributed by atoms with Gasteiger partial charge in [-0.15, -0.1) is 11.3 Å². The van der Waals surface area contributed by atoms with Gasteiger partial charge in [0.25, 0.3) is 0 Å². The molecule has 0 fully saturated rings. The van der Waals surface area contributed by atoms with Crippen molar-refractivity contribution in [2.75, 3.05) is 6.54 Å². The highest BCUT2D eigenvalue weighted by atomic mass is 32.1. The van der Waals surface area contributed by atoms with Crippen molar-refractivity contribution in [2.24, 2.45) is 4.99 Å². The molecule has 1 aromatic carbocycles. The molecule has 0 saturated heterocycles. The van der Waals surface area contributed by atoms with Gasteiger partial charge >= 0.3 is 0 Å². The summed E-state index contributed by atoms with van der Waals surface area (Å²) >= 11 is 1.70. The Labute approximate surface area is 136 Å². The first-order valence-electron chi connectivity index (χ1n) is 7.69. The topological polar surface area (TPSA) is 49.3 Å². The molecule has 4 nitrogen and oxygen atoms in total. The van der Waals surface area contributed by atoms with Crippen LogP contribution in [0.5, 0.6) is 0 Å². The summed E-state index contributed by atoms with van der Waals surface area (Å²) in [4.78, 5) is 9.25. The van der Waals surface area contributed by atoms with Crippen molar-refractivity contribution in [3.8, 4) is 0 Å². The van der Waals surface area contributed by atoms with E-state index in [1.165, 1.54) is 5.56 Å². The second-order valence-electron chi connectivity index (χ2n) is 5.36. The fraction of sp³-hybridized carbons (Fsp3) is 0.412. The fourth-order valence-corrected chi connectivity index (χ4v) is 2.82. The Kier molecular flexibility index (Phi) is 6.40. The number of rotatable bonds is 6. The molecule has 0 atom stereocenters. The highest BCUT2D eigenvalue weighted by Gasteiger charge is 2.06. The molecule has 0 aliphatic heterocycles. The molecule has 0 bridgehead atoms. The average Bonchev–Trinajstić information content (AvgIpc) is 3.00. The minimum atomic E-state index is 0.477. The van der Waals surface area contributed by atoms with E-state index in [1.54, 1.807) is 11.3 Å². The van der Waals surface area contributed by atoms with Gasteiger partial charge in [0.2, 0.25) is 0 Å². The maximum absolute atomic E-state index is 4.63. The molecule has 1 heterocycles. The molecule has 22 heavy (non-hydrogen) atoms. The van der Waals surface area contributed by atoms with Gasteiger partial charge in [0.05, 0.1) is 18.8 Å². The quantitative estimate of drug-likeness (QED) is 0.633. The number of thiazole rings is 1. The Morgan fingerprint density at radius 3 is 2.64 bits per heavy atom. The number of hydrogen-bond acceptors (Lipinski definition) is 3. The Morgan fingerprint density at radius 2 is 2.00 bits per heavy atom. The third-order valence-electron chi connectivity index (χ3n) is 3.17. The van der Waals surface area contributed by atoms with Crippen LogP contribution in [0.2, 0.25) is 0 Å². The van der Waals surface area contributed by atoms with Gasteiger partial charge in [-0.25, -0.2) is 9.98 Å². The van der Waals surface area contributed by atoms with Crippen LogP contribution in [0.15, 0.2) is 40.7 Å². The molecule has 0 saturated carbocycles. The molecule has 0 amide bonds. The predicted octanol–water partition coefficient (Wildman–Crippen LogP) is 3.52.